The number of methoxy groups -OCH3 is 1. The van der Waals surface area contributed by atoms with E-state index in [-0.39, 0.29) is 5.78 Å². The van der Waals surface area contributed by atoms with Crippen LogP contribution in [-0.4, -0.2) is 19.1 Å². The molecule has 1 unspecified atom stereocenters. The smallest absolute Gasteiger partial charge is 0.179 e. The highest BCUT2D eigenvalue weighted by atomic mass is 79.9. The summed E-state index contributed by atoms with van der Waals surface area (Å²) < 4.78 is 6.69. The SMILES string of the molecule is COc1c(Br)cc2c(c1Br)C(=O)C(c1ccc(N)cc1)C=N2. The zero-order valence-electron chi connectivity index (χ0n) is 11.6. The van der Waals surface area contributed by atoms with Crippen molar-refractivity contribution in [3.05, 3.63) is 50.4 Å². The van der Waals surface area contributed by atoms with Crippen LogP contribution in [0.2, 0.25) is 0 Å². The molecule has 0 aliphatic carbocycles. The average Bonchev–Trinajstić information content (AvgIpc) is 2.49. The quantitative estimate of drug-likeness (QED) is 0.724. The zero-order chi connectivity index (χ0) is 15.9. The Hall–Kier alpha value is -1.66. The highest BCUT2D eigenvalue weighted by molar-refractivity contribution is 9.11. The van der Waals surface area contributed by atoms with Crippen molar-refractivity contribution in [1.29, 1.82) is 0 Å². The van der Waals surface area contributed by atoms with Gasteiger partial charge in [-0.1, -0.05) is 12.1 Å². The third-order valence-corrected chi connectivity index (χ3v) is 4.89. The van der Waals surface area contributed by atoms with Crippen LogP contribution in [0.4, 0.5) is 11.4 Å². The third-order valence-electron chi connectivity index (χ3n) is 3.55. The number of Topliss-reactive ketones (excluding diaryl/α,β-unsaturated/α-hetero) is 1. The summed E-state index contributed by atoms with van der Waals surface area (Å²) in [4.78, 5) is 17.3. The molecule has 1 atom stereocenters. The van der Waals surface area contributed by atoms with Crippen LogP contribution < -0.4 is 10.5 Å². The molecule has 1 aliphatic rings. The van der Waals surface area contributed by atoms with Crippen LogP contribution in [0.15, 0.2) is 44.3 Å². The number of nitrogen functional groups attached to an aromatic ring is 1. The van der Waals surface area contributed by atoms with E-state index in [1.54, 1.807) is 31.5 Å². The number of carbonyl (C=O) groups excluding carboxylic acids is 1. The maximum absolute atomic E-state index is 12.9. The number of benzene rings is 2. The van der Waals surface area contributed by atoms with Crippen LogP contribution in [0.5, 0.6) is 5.75 Å². The number of anilines is 1. The lowest BCUT2D eigenvalue weighted by atomic mass is 9.88. The highest BCUT2D eigenvalue weighted by Crippen LogP contribution is 2.44. The third kappa shape index (κ3) is 2.46. The molecule has 112 valence electrons. The minimum Gasteiger partial charge on any atom is -0.494 e. The van der Waals surface area contributed by atoms with Crippen LogP contribution in [0.3, 0.4) is 0 Å². The zero-order valence-corrected chi connectivity index (χ0v) is 14.8. The number of halogens is 2. The fraction of sp³-hybridized carbons (Fsp3) is 0.125. The van der Waals surface area contributed by atoms with E-state index >= 15 is 0 Å². The lowest BCUT2D eigenvalue weighted by Crippen LogP contribution is -2.18. The van der Waals surface area contributed by atoms with E-state index < -0.39 is 5.92 Å². The lowest BCUT2D eigenvalue weighted by Gasteiger charge is -2.21. The first-order valence-corrected chi connectivity index (χ1v) is 8.11. The average molecular weight is 424 g/mol. The molecule has 0 amide bonds. The van der Waals surface area contributed by atoms with Gasteiger partial charge in [0, 0.05) is 11.9 Å². The van der Waals surface area contributed by atoms with Gasteiger partial charge in [0.1, 0.15) is 5.75 Å². The van der Waals surface area contributed by atoms with Gasteiger partial charge in [0.2, 0.25) is 0 Å². The summed E-state index contributed by atoms with van der Waals surface area (Å²) in [5.41, 5.74) is 8.38. The highest BCUT2D eigenvalue weighted by Gasteiger charge is 2.30. The van der Waals surface area contributed by atoms with Gasteiger partial charge in [0.05, 0.1) is 33.2 Å². The van der Waals surface area contributed by atoms with Crippen LogP contribution in [-0.2, 0) is 0 Å². The molecule has 4 nitrogen and oxygen atoms in total. The molecule has 1 aliphatic heterocycles. The minimum atomic E-state index is -0.421. The monoisotopic (exact) mass is 422 g/mol. The molecule has 2 N–H and O–H groups in total. The first kappa shape index (κ1) is 15.2. The Labute approximate surface area is 144 Å². The maximum atomic E-state index is 12.9. The van der Waals surface area contributed by atoms with E-state index in [1.165, 1.54) is 0 Å². The van der Waals surface area contributed by atoms with Crippen molar-refractivity contribution in [2.75, 3.05) is 12.8 Å². The number of nitrogens with two attached hydrogens (primary N) is 1. The topological polar surface area (TPSA) is 64.7 Å². The molecule has 2 aromatic rings. The number of aliphatic imine (C=N–C) groups is 1. The fourth-order valence-corrected chi connectivity index (χ4v) is 4.05. The number of hydrogen-bond donors (Lipinski definition) is 1. The molecule has 6 heteroatoms. The number of nitrogens with zero attached hydrogens (tertiary/aromatic N) is 1. The van der Waals surface area contributed by atoms with E-state index in [4.69, 9.17) is 10.5 Å². The number of ether oxygens (including phenoxy) is 1. The second kappa shape index (κ2) is 5.85. The van der Waals surface area contributed by atoms with Gasteiger partial charge in [-0.3, -0.25) is 9.79 Å². The van der Waals surface area contributed by atoms with Gasteiger partial charge in [-0.25, -0.2) is 0 Å². The molecular formula is C16H12Br2N2O2. The van der Waals surface area contributed by atoms with Gasteiger partial charge >= 0.3 is 0 Å². The lowest BCUT2D eigenvalue weighted by molar-refractivity contribution is 0.0982. The predicted molar refractivity (Wildman–Crippen MR) is 94.5 cm³/mol. The molecule has 0 spiro atoms. The van der Waals surface area contributed by atoms with Crippen LogP contribution >= 0.6 is 31.9 Å². The number of ketones is 1. The van der Waals surface area contributed by atoms with E-state index in [0.29, 0.717) is 27.2 Å². The van der Waals surface area contributed by atoms with Gasteiger partial charge < -0.3 is 10.5 Å². The molecule has 0 aromatic heterocycles. The van der Waals surface area contributed by atoms with Gasteiger partial charge in [-0.05, 0) is 55.6 Å². The van der Waals surface area contributed by atoms with Crippen molar-refractivity contribution in [1.82, 2.24) is 0 Å². The summed E-state index contributed by atoms with van der Waals surface area (Å²) in [6, 6.07) is 9.04. The van der Waals surface area contributed by atoms with Crippen LogP contribution in [0.25, 0.3) is 0 Å². The molecule has 0 saturated carbocycles. The molecule has 0 bridgehead atoms. The molecule has 22 heavy (non-hydrogen) atoms. The van der Waals surface area contributed by atoms with E-state index in [9.17, 15) is 4.79 Å². The first-order chi connectivity index (χ1) is 10.5. The normalized spacial score (nSPS) is 16.5. The van der Waals surface area contributed by atoms with Crippen molar-refractivity contribution < 1.29 is 9.53 Å². The maximum Gasteiger partial charge on any atom is 0.179 e. The van der Waals surface area contributed by atoms with Crippen LogP contribution in [0, 0.1) is 0 Å². The number of fused-ring (bicyclic) bond motifs is 1. The molecule has 0 radical (unpaired) electrons. The predicted octanol–water partition coefficient (Wildman–Crippen LogP) is 4.48. The number of carbonyl (C=O) groups is 1. The summed E-state index contributed by atoms with van der Waals surface area (Å²) in [7, 11) is 1.56. The van der Waals surface area contributed by atoms with Crippen molar-refractivity contribution in [3.63, 3.8) is 0 Å². The molecule has 2 aromatic carbocycles. The number of rotatable bonds is 2. The molecule has 0 saturated heterocycles. The summed E-state index contributed by atoms with van der Waals surface area (Å²) >= 11 is 6.88. The molecule has 0 fully saturated rings. The van der Waals surface area contributed by atoms with E-state index in [0.717, 1.165) is 10.0 Å². The van der Waals surface area contributed by atoms with Gasteiger partial charge in [-0.15, -0.1) is 0 Å². The van der Waals surface area contributed by atoms with E-state index in [2.05, 4.69) is 36.9 Å². The van der Waals surface area contributed by atoms with Crippen molar-refractivity contribution in [2.24, 2.45) is 4.99 Å². The Morgan fingerprint density at radius 2 is 1.91 bits per heavy atom. The molecule has 1 heterocycles. The Morgan fingerprint density at radius 1 is 1.23 bits per heavy atom. The second-order valence-corrected chi connectivity index (χ2v) is 6.53. The largest absolute Gasteiger partial charge is 0.494 e. The minimum absolute atomic E-state index is 0.0209. The standard InChI is InChI=1S/C16H12Br2N2O2/c1-22-16-11(17)6-12-13(14(16)18)15(21)10(7-20-12)8-2-4-9(19)5-3-8/h2-7,10H,19H2,1H3. The van der Waals surface area contributed by atoms with Gasteiger partial charge in [-0.2, -0.15) is 0 Å². The van der Waals surface area contributed by atoms with E-state index in [1.807, 2.05) is 12.1 Å². The van der Waals surface area contributed by atoms with Gasteiger partial charge in [0.15, 0.2) is 5.78 Å². The molecular weight excluding hydrogens is 412 g/mol. The summed E-state index contributed by atoms with van der Waals surface area (Å²) in [6.45, 7) is 0. The Bertz CT molecular complexity index is 786. The Morgan fingerprint density at radius 3 is 2.55 bits per heavy atom. The van der Waals surface area contributed by atoms with Crippen molar-refractivity contribution >= 4 is 55.2 Å². The Balaban J connectivity index is 2.11. The summed E-state index contributed by atoms with van der Waals surface area (Å²) in [6.07, 6.45) is 1.67. The van der Waals surface area contributed by atoms with Crippen molar-refractivity contribution in [3.8, 4) is 5.75 Å². The van der Waals surface area contributed by atoms with Crippen molar-refractivity contribution in [2.45, 2.75) is 5.92 Å². The second-order valence-electron chi connectivity index (χ2n) is 4.89. The summed E-state index contributed by atoms with van der Waals surface area (Å²) in [5.74, 6) is 0.142. The molecule has 3 rings (SSSR count). The van der Waals surface area contributed by atoms with Gasteiger partial charge in [0.25, 0.3) is 0 Å². The number of hydrogen-bond acceptors (Lipinski definition) is 4. The fourth-order valence-electron chi connectivity index (χ4n) is 2.43. The van der Waals surface area contributed by atoms with Crippen LogP contribution in [0.1, 0.15) is 21.8 Å². The first-order valence-electron chi connectivity index (χ1n) is 6.52. The summed E-state index contributed by atoms with van der Waals surface area (Å²) in [5, 5.41) is 0. The Kier molecular flexibility index (Phi) is 4.06.